The van der Waals surface area contributed by atoms with Crippen molar-refractivity contribution in [3.05, 3.63) is 0 Å². The van der Waals surface area contributed by atoms with E-state index < -0.39 is 10.4 Å². The molecule has 0 spiro atoms. The third kappa shape index (κ3) is 17.3. The zero-order chi connectivity index (χ0) is 16.0. The van der Waals surface area contributed by atoms with Crippen molar-refractivity contribution in [2.45, 2.75) is 71.1 Å². The molecule has 0 fully saturated rings. The Morgan fingerprint density at radius 1 is 0.905 bits per heavy atom. The van der Waals surface area contributed by atoms with E-state index in [0.29, 0.717) is 6.61 Å². The average molecular weight is 324 g/mol. The van der Waals surface area contributed by atoms with Crippen molar-refractivity contribution < 1.29 is 26.7 Å². The number of carbonyl (C=O) groups excluding carboxylic acids is 1. The second-order valence-electron chi connectivity index (χ2n) is 5.05. The first-order valence-electron chi connectivity index (χ1n) is 7.73. The number of unbranched alkanes of at least 4 members (excludes halogenated alkanes) is 7. The molecule has 0 aliphatic rings. The van der Waals surface area contributed by atoms with Crippen LogP contribution in [0.1, 0.15) is 71.1 Å². The van der Waals surface area contributed by atoms with Gasteiger partial charge in [0.2, 0.25) is 0 Å². The zero-order valence-corrected chi connectivity index (χ0v) is 13.7. The van der Waals surface area contributed by atoms with Gasteiger partial charge in [0.1, 0.15) is 0 Å². The molecule has 0 aromatic heterocycles. The van der Waals surface area contributed by atoms with Crippen molar-refractivity contribution in [2.24, 2.45) is 0 Å². The van der Waals surface area contributed by atoms with Gasteiger partial charge in [0.15, 0.2) is 0 Å². The van der Waals surface area contributed by atoms with E-state index in [1.165, 1.54) is 38.5 Å². The normalized spacial score (nSPS) is 11.5. The number of hydrogen-bond donors (Lipinski definition) is 1. The Hall–Kier alpha value is -0.660. The summed E-state index contributed by atoms with van der Waals surface area (Å²) < 4.78 is 37.9. The van der Waals surface area contributed by atoms with Crippen LogP contribution < -0.4 is 0 Å². The third-order valence-electron chi connectivity index (χ3n) is 3.02. The molecule has 0 aromatic carbocycles. The highest BCUT2D eigenvalue weighted by atomic mass is 32.3. The van der Waals surface area contributed by atoms with Crippen LogP contribution in [0.15, 0.2) is 0 Å². The van der Waals surface area contributed by atoms with Crippen LogP contribution in [0.2, 0.25) is 0 Å². The summed E-state index contributed by atoms with van der Waals surface area (Å²) in [6, 6.07) is 0. The molecule has 0 amide bonds. The van der Waals surface area contributed by atoms with E-state index >= 15 is 0 Å². The zero-order valence-electron chi connectivity index (χ0n) is 12.9. The minimum atomic E-state index is -4.41. The molecule has 21 heavy (non-hydrogen) atoms. The molecule has 7 heteroatoms. The topological polar surface area (TPSA) is 89.9 Å². The van der Waals surface area contributed by atoms with Crippen molar-refractivity contribution >= 4 is 16.4 Å². The lowest BCUT2D eigenvalue weighted by Gasteiger charge is -2.05. The number of ether oxygens (including phenoxy) is 1. The predicted molar refractivity (Wildman–Crippen MR) is 80.3 cm³/mol. The Morgan fingerprint density at radius 2 is 1.48 bits per heavy atom. The Balaban J connectivity index is 3.27. The summed E-state index contributed by atoms with van der Waals surface area (Å²) in [5, 5.41) is 0. The van der Waals surface area contributed by atoms with Gasteiger partial charge in [0.25, 0.3) is 0 Å². The summed E-state index contributed by atoms with van der Waals surface area (Å²) in [7, 11) is -4.41. The van der Waals surface area contributed by atoms with E-state index in [9.17, 15) is 13.2 Å². The molecule has 0 aliphatic carbocycles. The van der Waals surface area contributed by atoms with Crippen LogP contribution >= 0.6 is 0 Å². The summed E-state index contributed by atoms with van der Waals surface area (Å²) in [5.41, 5.74) is 0. The van der Waals surface area contributed by atoms with E-state index in [4.69, 9.17) is 9.29 Å². The monoisotopic (exact) mass is 324 g/mol. The summed E-state index contributed by atoms with van der Waals surface area (Å²) in [5.74, 6) is -0.364. The maximum absolute atomic E-state index is 11.3. The second-order valence-corrected chi connectivity index (χ2v) is 6.14. The van der Waals surface area contributed by atoms with E-state index in [1.54, 1.807) is 0 Å². The van der Waals surface area contributed by atoms with Crippen LogP contribution in [-0.2, 0) is 24.1 Å². The van der Waals surface area contributed by atoms with Crippen molar-refractivity contribution in [3.8, 4) is 0 Å². The van der Waals surface area contributed by atoms with Gasteiger partial charge in [0, 0.05) is 6.42 Å². The molecule has 6 nitrogen and oxygen atoms in total. The van der Waals surface area contributed by atoms with Gasteiger partial charge in [-0.25, -0.2) is 4.18 Å². The molecule has 0 saturated carbocycles. The maximum atomic E-state index is 11.3. The summed E-state index contributed by atoms with van der Waals surface area (Å²) in [6.07, 6.45) is 9.77. The predicted octanol–water partition coefficient (Wildman–Crippen LogP) is 3.27. The standard InChI is InChI=1S/C14H28O6S/c1-2-3-4-5-6-7-8-9-12-19-14(15)11-10-13-20-21(16,17)18/h2-13H2,1H3,(H,16,17,18). The SMILES string of the molecule is CCCCCCCCCCOC(=O)CCCOS(=O)(=O)O. The van der Waals surface area contributed by atoms with Gasteiger partial charge >= 0.3 is 16.4 Å². The van der Waals surface area contributed by atoms with E-state index in [-0.39, 0.29) is 25.4 Å². The van der Waals surface area contributed by atoms with Gasteiger partial charge in [-0.1, -0.05) is 51.9 Å². The fourth-order valence-corrected chi connectivity index (χ4v) is 2.20. The van der Waals surface area contributed by atoms with E-state index in [2.05, 4.69) is 11.1 Å². The van der Waals surface area contributed by atoms with Crippen LogP contribution in [0.4, 0.5) is 0 Å². The molecule has 0 saturated heterocycles. The lowest BCUT2D eigenvalue weighted by atomic mass is 10.1. The summed E-state index contributed by atoms with van der Waals surface area (Å²) in [4.78, 5) is 11.3. The molecule has 0 heterocycles. The Bertz CT molecular complexity index is 352. The Kier molecular flexibility index (Phi) is 12.6. The van der Waals surface area contributed by atoms with Crippen molar-refractivity contribution in [2.75, 3.05) is 13.2 Å². The molecule has 0 atom stereocenters. The molecular formula is C14H28O6S. The fraction of sp³-hybridized carbons (Fsp3) is 0.929. The summed E-state index contributed by atoms with van der Waals surface area (Å²) >= 11 is 0. The molecule has 0 aliphatic heterocycles. The van der Waals surface area contributed by atoms with Crippen molar-refractivity contribution in [1.29, 1.82) is 0 Å². The molecule has 126 valence electrons. The molecule has 0 radical (unpaired) electrons. The number of carbonyl (C=O) groups is 1. The number of hydrogen-bond acceptors (Lipinski definition) is 5. The largest absolute Gasteiger partial charge is 0.466 e. The quantitative estimate of drug-likeness (QED) is 0.300. The van der Waals surface area contributed by atoms with Crippen LogP contribution in [0.5, 0.6) is 0 Å². The lowest BCUT2D eigenvalue weighted by molar-refractivity contribution is -0.144. The molecule has 0 rings (SSSR count). The summed E-state index contributed by atoms with van der Waals surface area (Å²) in [6.45, 7) is 2.39. The van der Waals surface area contributed by atoms with Crippen LogP contribution in [0, 0.1) is 0 Å². The van der Waals surface area contributed by atoms with Crippen molar-refractivity contribution in [1.82, 2.24) is 0 Å². The highest BCUT2D eigenvalue weighted by Crippen LogP contribution is 2.08. The fourth-order valence-electron chi connectivity index (χ4n) is 1.87. The van der Waals surface area contributed by atoms with Crippen LogP contribution in [-0.4, -0.2) is 32.2 Å². The van der Waals surface area contributed by atoms with Crippen LogP contribution in [0.3, 0.4) is 0 Å². The van der Waals surface area contributed by atoms with Gasteiger partial charge in [0.05, 0.1) is 13.2 Å². The van der Waals surface area contributed by atoms with E-state index in [0.717, 1.165) is 12.8 Å². The molecule has 0 unspecified atom stereocenters. The first kappa shape index (κ1) is 20.3. The third-order valence-corrected chi connectivity index (χ3v) is 3.48. The minimum absolute atomic E-state index is 0.0898. The van der Waals surface area contributed by atoms with Gasteiger partial charge < -0.3 is 4.74 Å². The van der Waals surface area contributed by atoms with Gasteiger partial charge in [-0.2, -0.15) is 8.42 Å². The average Bonchev–Trinajstić information content (AvgIpc) is 2.41. The number of rotatable bonds is 14. The Morgan fingerprint density at radius 3 is 2.05 bits per heavy atom. The van der Waals surface area contributed by atoms with E-state index in [1.807, 2.05) is 0 Å². The molecule has 0 bridgehead atoms. The Labute approximate surface area is 128 Å². The first-order valence-corrected chi connectivity index (χ1v) is 9.09. The second kappa shape index (κ2) is 13.0. The van der Waals surface area contributed by atoms with Gasteiger partial charge in [-0.15, -0.1) is 0 Å². The minimum Gasteiger partial charge on any atom is -0.466 e. The van der Waals surface area contributed by atoms with Gasteiger partial charge in [-0.05, 0) is 12.8 Å². The maximum Gasteiger partial charge on any atom is 0.397 e. The highest BCUT2D eigenvalue weighted by Gasteiger charge is 2.06. The number of esters is 1. The molecule has 1 N–H and O–H groups in total. The van der Waals surface area contributed by atoms with Gasteiger partial charge in [-0.3, -0.25) is 9.35 Å². The van der Waals surface area contributed by atoms with Crippen LogP contribution in [0.25, 0.3) is 0 Å². The molecular weight excluding hydrogens is 296 g/mol. The van der Waals surface area contributed by atoms with Crippen molar-refractivity contribution in [3.63, 3.8) is 0 Å². The first-order chi connectivity index (χ1) is 9.95. The molecule has 0 aromatic rings. The smallest absolute Gasteiger partial charge is 0.397 e. The lowest BCUT2D eigenvalue weighted by Crippen LogP contribution is -2.09. The highest BCUT2D eigenvalue weighted by molar-refractivity contribution is 7.80.